The van der Waals surface area contributed by atoms with Crippen LogP contribution < -0.4 is 0 Å². The zero-order valence-electron chi connectivity index (χ0n) is 9.72. The normalized spacial score (nSPS) is 39.2. The molecule has 0 radical (unpaired) electrons. The minimum absolute atomic E-state index is 0.601. The molecule has 0 atom stereocenters. The van der Waals surface area contributed by atoms with Gasteiger partial charge in [-0.05, 0) is 55.8 Å². The maximum Gasteiger partial charge on any atom is 0.0522 e. The van der Waals surface area contributed by atoms with Gasteiger partial charge in [0, 0.05) is 6.61 Å². The molecule has 0 aromatic carbocycles. The van der Waals surface area contributed by atoms with Crippen molar-refractivity contribution in [2.75, 3.05) is 13.2 Å². The van der Waals surface area contributed by atoms with E-state index in [2.05, 4.69) is 13.8 Å². The van der Waals surface area contributed by atoms with Crippen LogP contribution in [0.2, 0.25) is 0 Å². The van der Waals surface area contributed by atoms with Crippen molar-refractivity contribution in [3.8, 4) is 0 Å². The van der Waals surface area contributed by atoms with Gasteiger partial charge in [0.05, 0.1) is 6.61 Å². The first-order chi connectivity index (χ1) is 6.72. The van der Waals surface area contributed by atoms with Crippen molar-refractivity contribution in [3.63, 3.8) is 0 Å². The van der Waals surface area contributed by atoms with Gasteiger partial charge in [0.1, 0.15) is 0 Å². The third-order valence-corrected chi connectivity index (χ3v) is 4.44. The SMILES string of the molecule is CC(C)[C@H]1CC[C@@]2(CCCOC2)CC1. The highest BCUT2D eigenvalue weighted by Gasteiger charge is 2.37. The quantitative estimate of drug-likeness (QED) is 0.622. The van der Waals surface area contributed by atoms with E-state index < -0.39 is 0 Å². The summed E-state index contributed by atoms with van der Waals surface area (Å²) < 4.78 is 5.66. The highest BCUT2D eigenvalue weighted by Crippen LogP contribution is 2.45. The van der Waals surface area contributed by atoms with E-state index in [1.807, 2.05) is 0 Å². The zero-order chi connectivity index (χ0) is 10.0. The summed E-state index contributed by atoms with van der Waals surface area (Å²) in [5, 5.41) is 0. The van der Waals surface area contributed by atoms with Gasteiger partial charge in [0.15, 0.2) is 0 Å². The molecule has 1 heteroatoms. The molecule has 1 aliphatic heterocycles. The van der Waals surface area contributed by atoms with E-state index in [1.54, 1.807) is 0 Å². The smallest absolute Gasteiger partial charge is 0.0522 e. The van der Waals surface area contributed by atoms with Crippen LogP contribution in [0.4, 0.5) is 0 Å². The van der Waals surface area contributed by atoms with E-state index in [9.17, 15) is 0 Å². The summed E-state index contributed by atoms with van der Waals surface area (Å²) >= 11 is 0. The second-order valence-corrected chi connectivity index (χ2v) is 5.74. The Bertz CT molecular complexity index is 170. The lowest BCUT2D eigenvalue weighted by molar-refractivity contribution is -0.0390. The highest BCUT2D eigenvalue weighted by atomic mass is 16.5. The fourth-order valence-electron chi connectivity index (χ4n) is 3.22. The molecule has 2 aliphatic rings. The molecular weight excluding hydrogens is 172 g/mol. The van der Waals surface area contributed by atoms with E-state index in [-0.39, 0.29) is 0 Å². The maximum absolute atomic E-state index is 5.66. The van der Waals surface area contributed by atoms with Crippen LogP contribution in [0.15, 0.2) is 0 Å². The molecule has 2 fully saturated rings. The Balaban J connectivity index is 1.87. The molecule has 82 valence electrons. The molecule has 0 unspecified atom stereocenters. The Morgan fingerprint density at radius 1 is 1.14 bits per heavy atom. The van der Waals surface area contributed by atoms with Gasteiger partial charge in [-0.25, -0.2) is 0 Å². The molecule has 0 aromatic heterocycles. The largest absolute Gasteiger partial charge is 0.381 e. The summed E-state index contributed by atoms with van der Waals surface area (Å²) in [7, 11) is 0. The Labute approximate surface area is 88.2 Å². The molecule has 1 nitrogen and oxygen atoms in total. The first-order valence-electron chi connectivity index (χ1n) is 6.30. The molecular formula is C13H24O. The van der Waals surface area contributed by atoms with Crippen molar-refractivity contribution in [2.24, 2.45) is 17.3 Å². The summed E-state index contributed by atoms with van der Waals surface area (Å²) in [6.07, 6.45) is 8.47. The minimum Gasteiger partial charge on any atom is -0.381 e. The summed E-state index contributed by atoms with van der Waals surface area (Å²) in [5.74, 6) is 1.87. The Morgan fingerprint density at radius 2 is 1.86 bits per heavy atom. The molecule has 0 aromatic rings. The number of rotatable bonds is 1. The lowest BCUT2D eigenvalue weighted by Gasteiger charge is -2.43. The number of ether oxygens (including phenoxy) is 1. The van der Waals surface area contributed by atoms with E-state index in [4.69, 9.17) is 4.74 Å². The minimum atomic E-state index is 0.601. The predicted molar refractivity (Wildman–Crippen MR) is 59.3 cm³/mol. The van der Waals surface area contributed by atoms with E-state index >= 15 is 0 Å². The molecule has 1 saturated carbocycles. The van der Waals surface area contributed by atoms with Crippen LogP contribution in [-0.2, 0) is 4.74 Å². The summed E-state index contributed by atoms with van der Waals surface area (Å²) in [6.45, 7) is 6.81. The molecule has 1 saturated heterocycles. The van der Waals surface area contributed by atoms with E-state index in [0.717, 1.165) is 25.0 Å². The fourth-order valence-corrected chi connectivity index (χ4v) is 3.22. The molecule has 0 amide bonds. The third-order valence-electron chi connectivity index (χ3n) is 4.44. The van der Waals surface area contributed by atoms with Crippen LogP contribution in [0.25, 0.3) is 0 Å². The summed E-state index contributed by atoms with van der Waals surface area (Å²) in [6, 6.07) is 0. The van der Waals surface area contributed by atoms with Gasteiger partial charge in [0.25, 0.3) is 0 Å². The molecule has 2 rings (SSSR count). The molecule has 0 N–H and O–H groups in total. The Kier molecular flexibility index (Phi) is 3.16. The molecule has 1 heterocycles. The first-order valence-corrected chi connectivity index (χ1v) is 6.30. The summed E-state index contributed by atoms with van der Waals surface area (Å²) in [4.78, 5) is 0. The second kappa shape index (κ2) is 4.22. The van der Waals surface area contributed by atoms with Gasteiger partial charge in [0.2, 0.25) is 0 Å². The van der Waals surface area contributed by atoms with Crippen molar-refractivity contribution < 1.29 is 4.74 Å². The topological polar surface area (TPSA) is 9.23 Å². The van der Waals surface area contributed by atoms with Gasteiger partial charge in [-0.1, -0.05) is 13.8 Å². The average Bonchev–Trinajstić information content (AvgIpc) is 2.19. The maximum atomic E-state index is 5.66. The zero-order valence-corrected chi connectivity index (χ0v) is 9.72. The Hall–Kier alpha value is -0.0400. The van der Waals surface area contributed by atoms with Gasteiger partial charge < -0.3 is 4.74 Å². The summed E-state index contributed by atoms with van der Waals surface area (Å²) in [5.41, 5.74) is 0.601. The van der Waals surface area contributed by atoms with Crippen molar-refractivity contribution >= 4 is 0 Å². The van der Waals surface area contributed by atoms with E-state index in [1.165, 1.54) is 38.5 Å². The standard InChI is InChI=1S/C13H24O/c1-11(2)12-4-7-13(8-5-12)6-3-9-14-10-13/h11-12H,3-10H2,1-2H3/t12-,13-. The van der Waals surface area contributed by atoms with Crippen LogP contribution in [0, 0.1) is 17.3 Å². The average molecular weight is 196 g/mol. The van der Waals surface area contributed by atoms with Crippen molar-refractivity contribution in [2.45, 2.75) is 52.4 Å². The predicted octanol–water partition coefficient (Wildman–Crippen LogP) is 3.63. The van der Waals surface area contributed by atoms with Gasteiger partial charge >= 0.3 is 0 Å². The van der Waals surface area contributed by atoms with Crippen molar-refractivity contribution in [1.82, 2.24) is 0 Å². The van der Waals surface area contributed by atoms with Gasteiger partial charge in [-0.3, -0.25) is 0 Å². The highest BCUT2D eigenvalue weighted by molar-refractivity contribution is 4.87. The van der Waals surface area contributed by atoms with Crippen LogP contribution in [0.5, 0.6) is 0 Å². The molecule has 1 aliphatic carbocycles. The Morgan fingerprint density at radius 3 is 2.36 bits per heavy atom. The van der Waals surface area contributed by atoms with Crippen molar-refractivity contribution in [1.29, 1.82) is 0 Å². The second-order valence-electron chi connectivity index (χ2n) is 5.74. The van der Waals surface area contributed by atoms with Gasteiger partial charge in [-0.2, -0.15) is 0 Å². The van der Waals surface area contributed by atoms with Crippen LogP contribution in [0.3, 0.4) is 0 Å². The van der Waals surface area contributed by atoms with Crippen LogP contribution >= 0.6 is 0 Å². The third kappa shape index (κ3) is 2.13. The molecule has 14 heavy (non-hydrogen) atoms. The lowest BCUT2D eigenvalue weighted by Crippen LogP contribution is -2.36. The monoisotopic (exact) mass is 196 g/mol. The number of hydrogen-bond donors (Lipinski definition) is 0. The lowest BCUT2D eigenvalue weighted by atomic mass is 9.66. The fraction of sp³-hybridized carbons (Fsp3) is 1.00. The number of hydrogen-bond acceptors (Lipinski definition) is 1. The van der Waals surface area contributed by atoms with Gasteiger partial charge in [-0.15, -0.1) is 0 Å². The van der Waals surface area contributed by atoms with E-state index in [0.29, 0.717) is 5.41 Å². The molecule has 0 bridgehead atoms. The first kappa shape index (κ1) is 10.5. The molecule has 1 spiro atoms. The van der Waals surface area contributed by atoms with Crippen LogP contribution in [0.1, 0.15) is 52.4 Å². The van der Waals surface area contributed by atoms with Crippen molar-refractivity contribution in [3.05, 3.63) is 0 Å². The van der Waals surface area contributed by atoms with Crippen LogP contribution in [-0.4, -0.2) is 13.2 Å².